The highest BCUT2D eigenvalue weighted by molar-refractivity contribution is 5.95. The van der Waals surface area contributed by atoms with E-state index in [1.807, 2.05) is 54.6 Å². The molecule has 3 heteroatoms. The average Bonchev–Trinajstić information content (AvgIpc) is 2.52. The Morgan fingerprint density at radius 2 is 1.71 bits per heavy atom. The topological polar surface area (TPSA) is 38.3 Å². The maximum Gasteiger partial charge on any atom is 0.251 e. The lowest BCUT2D eigenvalue weighted by Gasteiger charge is -2.12. The van der Waals surface area contributed by atoms with Gasteiger partial charge in [-0.2, -0.15) is 0 Å². The molecule has 0 spiro atoms. The number of nitrogens with one attached hydrogen (secondary N) is 1. The van der Waals surface area contributed by atoms with Gasteiger partial charge in [-0.25, -0.2) is 0 Å². The molecular formula is C18H21NO2. The van der Waals surface area contributed by atoms with Crippen molar-refractivity contribution < 1.29 is 9.53 Å². The fourth-order valence-electron chi connectivity index (χ4n) is 1.94. The van der Waals surface area contributed by atoms with Gasteiger partial charge in [0.05, 0.1) is 0 Å². The van der Waals surface area contributed by atoms with Gasteiger partial charge in [0.25, 0.3) is 5.91 Å². The number of carbonyl (C=O) groups excluding carboxylic acids is 1. The van der Waals surface area contributed by atoms with Crippen molar-refractivity contribution >= 4 is 5.91 Å². The molecule has 0 aliphatic carbocycles. The van der Waals surface area contributed by atoms with Gasteiger partial charge in [0.1, 0.15) is 12.4 Å². The first-order chi connectivity index (χ1) is 10.2. The molecule has 2 aromatic carbocycles. The molecule has 2 rings (SSSR count). The van der Waals surface area contributed by atoms with E-state index in [2.05, 4.69) is 19.2 Å². The molecule has 0 radical (unpaired) electrons. The normalized spacial score (nSPS) is 10.4. The molecule has 0 unspecified atom stereocenters. The van der Waals surface area contributed by atoms with Crippen molar-refractivity contribution in [2.75, 3.05) is 6.54 Å². The van der Waals surface area contributed by atoms with Crippen LogP contribution in [0.5, 0.6) is 5.75 Å². The van der Waals surface area contributed by atoms with Crippen LogP contribution in [0.2, 0.25) is 0 Å². The lowest BCUT2D eigenvalue weighted by molar-refractivity contribution is 0.0946. The van der Waals surface area contributed by atoms with Crippen LogP contribution in [0.1, 0.15) is 29.8 Å². The first-order valence-electron chi connectivity index (χ1n) is 7.21. The largest absolute Gasteiger partial charge is 0.489 e. The van der Waals surface area contributed by atoms with Gasteiger partial charge >= 0.3 is 0 Å². The fraction of sp³-hybridized carbons (Fsp3) is 0.278. The highest BCUT2D eigenvalue weighted by Crippen LogP contribution is 2.14. The Bertz CT molecular complexity index is 579. The maximum atomic E-state index is 12.2. The van der Waals surface area contributed by atoms with Crippen molar-refractivity contribution in [3.8, 4) is 5.75 Å². The number of para-hydroxylation sites is 1. The second kappa shape index (κ2) is 7.48. The molecule has 2 aromatic rings. The summed E-state index contributed by atoms with van der Waals surface area (Å²) in [5.41, 5.74) is 1.57. The summed E-state index contributed by atoms with van der Waals surface area (Å²) < 4.78 is 5.73. The molecule has 110 valence electrons. The van der Waals surface area contributed by atoms with Gasteiger partial charge in [-0.15, -0.1) is 0 Å². The number of carbonyl (C=O) groups is 1. The van der Waals surface area contributed by atoms with Gasteiger partial charge in [-0.05, 0) is 24.1 Å². The summed E-state index contributed by atoms with van der Waals surface area (Å²) in [5, 5.41) is 2.94. The van der Waals surface area contributed by atoms with E-state index in [0.29, 0.717) is 24.6 Å². The summed E-state index contributed by atoms with van der Waals surface area (Å²) >= 11 is 0. The number of ether oxygens (including phenoxy) is 1. The van der Waals surface area contributed by atoms with Crippen molar-refractivity contribution in [3.63, 3.8) is 0 Å². The molecule has 3 nitrogen and oxygen atoms in total. The standard InChI is InChI=1S/C18H21NO2/c1-14(2)12-19-18(20)17-11-7-6-8-15(17)13-21-16-9-4-3-5-10-16/h3-11,14H,12-13H2,1-2H3,(H,19,20). The first kappa shape index (κ1) is 15.1. The van der Waals surface area contributed by atoms with Crippen molar-refractivity contribution in [2.45, 2.75) is 20.5 Å². The van der Waals surface area contributed by atoms with Gasteiger partial charge in [0.15, 0.2) is 0 Å². The van der Waals surface area contributed by atoms with Crippen LogP contribution >= 0.6 is 0 Å². The van der Waals surface area contributed by atoms with Crippen LogP contribution in [0.25, 0.3) is 0 Å². The van der Waals surface area contributed by atoms with Gasteiger partial charge in [0.2, 0.25) is 0 Å². The Balaban J connectivity index is 2.04. The molecule has 0 aromatic heterocycles. The Hall–Kier alpha value is -2.29. The zero-order chi connectivity index (χ0) is 15.1. The minimum absolute atomic E-state index is 0.0454. The third-order valence-corrected chi connectivity index (χ3v) is 3.07. The summed E-state index contributed by atoms with van der Waals surface area (Å²) in [6, 6.07) is 17.2. The molecule has 21 heavy (non-hydrogen) atoms. The van der Waals surface area contributed by atoms with Gasteiger partial charge in [-0.1, -0.05) is 50.2 Å². The van der Waals surface area contributed by atoms with Crippen LogP contribution in [0, 0.1) is 5.92 Å². The molecule has 0 aliphatic heterocycles. The predicted octanol–water partition coefficient (Wildman–Crippen LogP) is 3.65. The van der Waals surface area contributed by atoms with Crippen LogP contribution in [-0.4, -0.2) is 12.5 Å². The zero-order valence-corrected chi connectivity index (χ0v) is 12.5. The summed E-state index contributed by atoms with van der Waals surface area (Å²) in [7, 11) is 0. The predicted molar refractivity (Wildman–Crippen MR) is 84.4 cm³/mol. The molecular weight excluding hydrogens is 262 g/mol. The number of amides is 1. The van der Waals surface area contributed by atoms with E-state index in [1.54, 1.807) is 0 Å². The fourth-order valence-corrected chi connectivity index (χ4v) is 1.94. The van der Waals surface area contributed by atoms with E-state index in [1.165, 1.54) is 0 Å². The highest BCUT2D eigenvalue weighted by atomic mass is 16.5. The third kappa shape index (κ3) is 4.63. The average molecular weight is 283 g/mol. The Morgan fingerprint density at radius 1 is 1.05 bits per heavy atom. The molecule has 1 amide bonds. The number of hydrogen-bond donors (Lipinski definition) is 1. The highest BCUT2D eigenvalue weighted by Gasteiger charge is 2.11. The number of hydrogen-bond acceptors (Lipinski definition) is 2. The summed E-state index contributed by atoms with van der Waals surface area (Å²) in [6.07, 6.45) is 0. The molecule has 1 N–H and O–H groups in total. The Morgan fingerprint density at radius 3 is 2.43 bits per heavy atom. The number of benzene rings is 2. The SMILES string of the molecule is CC(C)CNC(=O)c1ccccc1COc1ccccc1. The van der Waals surface area contributed by atoms with Crippen LogP contribution < -0.4 is 10.1 Å². The van der Waals surface area contributed by atoms with E-state index in [4.69, 9.17) is 4.74 Å². The van der Waals surface area contributed by atoms with Crippen molar-refractivity contribution in [2.24, 2.45) is 5.92 Å². The van der Waals surface area contributed by atoms with E-state index < -0.39 is 0 Å². The van der Waals surface area contributed by atoms with Crippen LogP contribution in [-0.2, 0) is 6.61 Å². The molecule has 0 bridgehead atoms. The van der Waals surface area contributed by atoms with Crippen molar-refractivity contribution in [3.05, 3.63) is 65.7 Å². The molecule has 0 saturated heterocycles. The molecule has 0 atom stereocenters. The molecule has 0 saturated carbocycles. The van der Waals surface area contributed by atoms with Gasteiger partial charge in [0, 0.05) is 17.7 Å². The summed E-state index contributed by atoms with van der Waals surface area (Å²) in [6.45, 7) is 5.21. The van der Waals surface area contributed by atoms with Gasteiger partial charge < -0.3 is 10.1 Å². The molecule has 0 fully saturated rings. The summed E-state index contributed by atoms with van der Waals surface area (Å²) in [5.74, 6) is 1.19. The second-order valence-electron chi connectivity index (χ2n) is 5.36. The molecule has 0 heterocycles. The Kier molecular flexibility index (Phi) is 5.38. The van der Waals surface area contributed by atoms with E-state index >= 15 is 0 Å². The minimum Gasteiger partial charge on any atom is -0.489 e. The zero-order valence-electron chi connectivity index (χ0n) is 12.5. The lowest BCUT2D eigenvalue weighted by atomic mass is 10.1. The van der Waals surface area contributed by atoms with Crippen LogP contribution in [0.15, 0.2) is 54.6 Å². The maximum absolute atomic E-state index is 12.2. The van der Waals surface area contributed by atoms with E-state index in [0.717, 1.165) is 11.3 Å². The minimum atomic E-state index is -0.0454. The smallest absolute Gasteiger partial charge is 0.251 e. The van der Waals surface area contributed by atoms with Crippen molar-refractivity contribution in [1.82, 2.24) is 5.32 Å². The quantitative estimate of drug-likeness (QED) is 0.878. The second-order valence-corrected chi connectivity index (χ2v) is 5.36. The van der Waals surface area contributed by atoms with Gasteiger partial charge in [-0.3, -0.25) is 4.79 Å². The summed E-state index contributed by atoms with van der Waals surface area (Å²) in [4.78, 5) is 12.2. The lowest BCUT2D eigenvalue weighted by Crippen LogP contribution is -2.28. The van der Waals surface area contributed by atoms with Crippen LogP contribution in [0.3, 0.4) is 0 Å². The van der Waals surface area contributed by atoms with E-state index in [-0.39, 0.29) is 5.91 Å². The number of rotatable bonds is 6. The molecule has 0 aliphatic rings. The van der Waals surface area contributed by atoms with Crippen molar-refractivity contribution in [1.29, 1.82) is 0 Å². The third-order valence-electron chi connectivity index (χ3n) is 3.07. The first-order valence-corrected chi connectivity index (χ1v) is 7.21. The Labute approximate surface area is 126 Å². The van der Waals surface area contributed by atoms with Crippen LogP contribution in [0.4, 0.5) is 0 Å². The monoisotopic (exact) mass is 283 g/mol. The van der Waals surface area contributed by atoms with E-state index in [9.17, 15) is 4.79 Å².